The fourth-order valence-electron chi connectivity index (χ4n) is 5.18. The predicted molar refractivity (Wildman–Crippen MR) is 140 cm³/mol. The molecule has 1 unspecified atom stereocenters. The lowest BCUT2D eigenvalue weighted by molar-refractivity contribution is -0.142. The zero-order valence-electron chi connectivity index (χ0n) is 22.3. The first-order chi connectivity index (χ1) is 18.5. The molecule has 2 amide bonds. The number of nitrogens with zero attached hydrogens (tertiary/aromatic N) is 3. The molecule has 208 valence electrons. The summed E-state index contributed by atoms with van der Waals surface area (Å²) in [6, 6.07) is 12.8. The van der Waals surface area contributed by atoms with E-state index in [1.54, 1.807) is 24.8 Å². The standard InChI is InChI=1S/C29H32F3N3O4/c1-4-39-28(38)27-20(3)35(25(36)17-24(27)21-8-5-7-19(2)15-21)18-26(37)34-13-11-33(12-14-34)23-10-6-9-22(16-23)29(30,31)32/h5-10,15-16,24H,4,11-14,17-18H2,1-3H3. The number of rotatable bonds is 6. The Bertz CT molecular complexity index is 1280. The minimum atomic E-state index is -4.43. The molecule has 4 rings (SSSR count). The Labute approximate surface area is 225 Å². The van der Waals surface area contributed by atoms with E-state index in [9.17, 15) is 27.6 Å². The van der Waals surface area contributed by atoms with E-state index in [1.807, 2.05) is 36.1 Å². The van der Waals surface area contributed by atoms with Gasteiger partial charge in [0.15, 0.2) is 0 Å². The number of anilines is 1. The number of alkyl halides is 3. The smallest absolute Gasteiger partial charge is 0.416 e. The number of hydrogen-bond acceptors (Lipinski definition) is 5. The number of allylic oxidation sites excluding steroid dienone is 1. The summed E-state index contributed by atoms with van der Waals surface area (Å²) >= 11 is 0. The molecular formula is C29H32F3N3O4. The molecule has 1 saturated heterocycles. The van der Waals surface area contributed by atoms with E-state index in [4.69, 9.17) is 4.74 Å². The van der Waals surface area contributed by atoms with Crippen LogP contribution in [0.3, 0.4) is 0 Å². The highest BCUT2D eigenvalue weighted by Gasteiger charge is 2.38. The summed E-state index contributed by atoms with van der Waals surface area (Å²) in [6.45, 7) is 6.59. The van der Waals surface area contributed by atoms with E-state index in [0.717, 1.165) is 23.3 Å². The van der Waals surface area contributed by atoms with E-state index in [-0.39, 0.29) is 31.4 Å². The quantitative estimate of drug-likeness (QED) is 0.502. The first kappa shape index (κ1) is 28.2. The lowest BCUT2D eigenvalue weighted by Gasteiger charge is -2.38. The SMILES string of the molecule is CCOC(=O)C1=C(C)N(CC(=O)N2CCN(c3cccc(C(F)(F)F)c3)CC2)C(=O)CC1c1cccc(C)c1. The third-order valence-corrected chi connectivity index (χ3v) is 7.23. The van der Waals surface area contributed by atoms with Crippen LogP contribution in [0.2, 0.25) is 0 Å². The van der Waals surface area contributed by atoms with Crippen molar-refractivity contribution in [1.29, 1.82) is 0 Å². The van der Waals surface area contributed by atoms with Gasteiger partial charge in [-0.05, 0) is 44.5 Å². The summed E-state index contributed by atoms with van der Waals surface area (Å²) in [7, 11) is 0. The number of piperazine rings is 1. The summed E-state index contributed by atoms with van der Waals surface area (Å²) in [5.74, 6) is -1.54. The van der Waals surface area contributed by atoms with Crippen molar-refractivity contribution in [2.45, 2.75) is 39.3 Å². The Morgan fingerprint density at radius 2 is 1.69 bits per heavy atom. The third-order valence-electron chi connectivity index (χ3n) is 7.23. The molecule has 0 radical (unpaired) electrons. The van der Waals surface area contributed by atoms with Crippen LogP contribution in [0.4, 0.5) is 18.9 Å². The highest BCUT2D eigenvalue weighted by molar-refractivity contribution is 5.97. The minimum absolute atomic E-state index is 0.0333. The van der Waals surface area contributed by atoms with Crippen LogP contribution in [-0.2, 0) is 25.3 Å². The van der Waals surface area contributed by atoms with Crippen LogP contribution in [0.1, 0.15) is 42.9 Å². The average molecular weight is 544 g/mol. The fourth-order valence-corrected chi connectivity index (χ4v) is 5.18. The Hall–Kier alpha value is -3.82. The van der Waals surface area contributed by atoms with Gasteiger partial charge in [-0.3, -0.25) is 9.59 Å². The molecule has 0 aromatic heterocycles. The molecule has 2 aromatic rings. The summed E-state index contributed by atoms with van der Waals surface area (Å²) < 4.78 is 44.6. The van der Waals surface area contributed by atoms with Gasteiger partial charge < -0.3 is 19.4 Å². The number of ether oxygens (including phenoxy) is 1. The van der Waals surface area contributed by atoms with Crippen LogP contribution in [0, 0.1) is 6.92 Å². The average Bonchev–Trinajstić information content (AvgIpc) is 2.90. The second-order valence-electron chi connectivity index (χ2n) is 9.79. The van der Waals surface area contributed by atoms with Crippen molar-refractivity contribution in [2.24, 2.45) is 0 Å². The van der Waals surface area contributed by atoms with Crippen molar-refractivity contribution in [1.82, 2.24) is 9.80 Å². The number of carbonyl (C=O) groups is 3. The summed E-state index contributed by atoms with van der Waals surface area (Å²) in [5, 5.41) is 0. The van der Waals surface area contributed by atoms with Gasteiger partial charge in [0.1, 0.15) is 6.54 Å². The molecule has 10 heteroatoms. The van der Waals surface area contributed by atoms with E-state index < -0.39 is 23.6 Å². The van der Waals surface area contributed by atoms with Gasteiger partial charge >= 0.3 is 12.1 Å². The number of hydrogen-bond donors (Lipinski definition) is 0. The number of carbonyl (C=O) groups excluding carboxylic acids is 3. The molecule has 39 heavy (non-hydrogen) atoms. The second-order valence-corrected chi connectivity index (χ2v) is 9.79. The molecule has 0 bridgehead atoms. The van der Waals surface area contributed by atoms with Crippen LogP contribution < -0.4 is 4.90 Å². The maximum absolute atomic E-state index is 13.2. The fraction of sp³-hybridized carbons (Fsp3) is 0.414. The predicted octanol–water partition coefficient (Wildman–Crippen LogP) is 4.52. The lowest BCUT2D eigenvalue weighted by atomic mass is 9.83. The number of halogens is 3. The van der Waals surface area contributed by atoms with Gasteiger partial charge in [0.2, 0.25) is 11.8 Å². The normalized spacial score (nSPS) is 18.5. The van der Waals surface area contributed by atoms with E-state index in [1.165, 1.54) is 11.0 Å². The van der Waals surface area contributed by atoms with Crippen molar-refractivity contribution >= 4 is 23.5 Å². The van der Waals surface area contributed by atoms with E-state index in [2.05, 4.69) is 0 Å². The molecule has 0 aliphatic carbocycles. The molecule has 2 aliphatic rings. The topological polar surface area (TPSA) is 70.2 Å². The van der Waals surface area contributed by atoms with Gasteiger partial charge in [0.25, 0.3) is 0 Å². The number of esters is 1. The zero-order chi connectivity index (χ0) is 28.3. The van der Waals surface area contributed by atoms with Crippen molar-refractivity contribution in [2.75, 3.05) is 44.2 Å². The summed E-state index contributed by atoms with van der Waals surface area (Å²) in [5.41, 5.74) is 2.33. The molecule has 1 fully saturated rings. The van der Waals surface area contributed by atoms with Crippen LogP contribution in [0.25, 0.3) is 0 Å². The van der Waals surface area contributed by atoms with E-state index in [0.29, 0.717) is 43.1 Å². The molecule has 7 nitrogen and oxygen atoms in total. The minimum Gasteiger partial charge on any atom is -0.463 e. The second kappa shape index (κ2) is 11.5. The Balaban J connectivity index is 1.48. The Morgan fingerprint density at radius 3 is 2.33 bits per heavy atom. The van der Waals surface area contributed by atoms with Crippen LogP contribution in [0.5, 0.6) is 0 Å². The zero-order valence-corrected chi connectivity index (χ0v) is 22.3. The van der Waals surface area contributed by atoms with Crippen LogP contribution in [0.15, 0.2) is 59.8 Å². The van der Waals surface area contributed by atoms with Gasteiger partial charge in [-0.15, -0.1) is 0 Å². The molecular weight excluding hydrogens is 511 g/mol. The number of amides is 2. The highest BCUT2D eigenvalue weighted by atomic mass is 19.4. The molecule has 1 atom stereocenters. The van der Waals surface area contributed by atoms with Crippen molar-refractivity contribution < 1.29 is 32.3 Å². The van der Waals surface area contributed by atoms with Crippen molar-refractivity contribution in [3.05, 3.63) is 76.5 Å². The Kier molecular flexibility index (Phi) is 8.32. The largest absolute Gasteiger partial charge is 0.463 e. The van der Waals surface area contributed by atoms with Gasteiger partial charge in [-0.2, -0.15) is 13.2 Å². The monoisotopic (exact) mass is 543 g/mol. The van der Waals surface area contributed by atoms with Gasteiger partial charge in [0.05, 0.1) is 17.7 Å². The maximum Gasteiger partial charge on any atom is 0.416 e. The highest BCUT2D eigenvalue weighted by Crippen LogP contribution is 2.37. The van der Waals surface area contributed by atoms with E-state index >= 15 is 0 Å². The van der Waals surface area contributed by atoms with Crippen molar-refractivity contribution in [3.63, 3.8) is 0 Å². The molecule has 0 saturated carbocycles. The molecule has 2 aliphatic heterocycles. The third kappa shape index (κ3) is 6.26. The molecule has 0 spiro atoms. The Morgan fingerprint density at radius 1 is 1.00 bits per heavy atom. The van der Waals surface area contributed by atoms with Gasteiger partial charge in [-0.1, -0.05) is 35.9 Å². The number of benzene rings is 2. The lowest BCUT2D eigenvalue weighted by Crippen LogP contribution is -2.52. The summed E-state index contributed by atoms with van der Waals surface area (Å²) in [4.78, 5) is 44.2. The van der Waals surface area contributed by atoms with Gasteiger partial charge in [-0.25, -0.2) is 4.79 Å². The van der Waals surface area contributed by atoms with Crippen LogP contribution in [-0.4, -0.2) is 66.9 Å². The summed E-state index contributed by atoms with van der Waals surface area (Å²) in [6.07, 6.45) is -4.40. The molecule has 0 N–H and O–H groups in total. The first-order valence-corrected chi connectivity index (χ1v) is 12.9. The molecule has 2 aromatic carbocycles. The number of aryl methyl sites for hydroxylation is 1. The van der Waals surface area contributed by atoms with Gasteiger partial charge in [0, 0.05) is 49.9 Å². The van der Waals surface area contributed by atoms with Crippen LogP contribution >= 0.6 is 0 Å². The maximum atomic E-state index is 13.2. The first-order valence-electron chi connectivity index (χ1n) is 12.9. The molecule has 2 heterocycles. The van der Waals surface area contributed by atoms with Crippen molar-refractivity contribution in [3.8, 4) is 0 Å².